The van der Waals surface area contributed by atoms with Crippen molar-refractivity contribution in [2.45, 2.75) is 12.8 Å². The molecule has 4 rings (SSSR count). The molecule has 142 valence electrons. The molecular formula is C23H23N3O2. The van der Waals surface area contributed by atoms with Gasteiger partial charge in [0.05, 0.1) is 11.4 Å². The molecule has 1 amide bonds. The van der Waals surface area contributed by atoms with Gasteiger partial charge in [0.1, 0.15) is 11.5 Å². The number of nitrogens with zero attached hydrogens (tertiary/aromatic N) is 1. The Labute approximate surface area is 164 Å². The van der Waals surface area contributed by atoms with Gasteiger partial charge in [-0.05, 0) is 67.4 Å². The van der Waals surface area contributed by atoms with E-state index in [9.17, 15) is 4.79 Å². The molecule has 0 aliphatic carbocycles. The highest BCUT2D eigenvalue weighted by atomic mass is 16.5. The van der Waals surface area contributed by atoms with E-state index in [4.69, 9.17) is 10.5 Å². The maximum atomic E-state index is 12.5. The molecule has 0 bridgehead atoms. The number of para-hydroxylation sites is 1. The number of ether oxygens (including phenoxy) is 1. The SMILES string of the molecule is Nc1cc(C(=O)N2CCCC2)ccc1Nc1ccc(Oc2ccccc2)cc1. The Hall–Kier alpha value is -3.47. The van der Waals surface area contributed by atoms with Crippen LogP contribution in [0.15, 0.2) is 72.8 Å². The number of hydrogen-bond donors (Lipinski definition) is 2. The average molecular weight is 373 g/mol. The number of hydrogen-bond acceptors (Lipinski definition) is 4. The highest BCUT2D eigenvalue weighted by molar-refractivity contribution is 5.96. The van der Waals surface area contributed by atoms with Gasteiger partial charge >= 0.3 is 0 Å². The summed E-state index contributed by atoms with van der Waals surface area (Å²) in [6.07, 6.45) is 2.15. The molecule has 1 aliphatic heterocycles. The van der Waals surface area contributed by atoms with E-state index in [1.165, 1.54) is 0 Å². The molecule has 1 aliphatic rings. The highest BCUT2D eigenvalue weighted by Gasteiger charge is 2.19. The summed E-state index contributed by atoms with van der Waals surface area (Å²) in [4.78, 5) is 14.4. The molecule has 3 aromatic carbocycles. The summed E-state index contributed by atoms with van der Waals surface area (Å²) in [6.45, 7) is 1.66. The van der Waals surface area contributed by atoms with Crippen molar-refractivity contribution in [3.05, 3.63) is 78.4 Å². The third-order valence-electron chi connectivity index (χ3n) is 4.80. The second-order valence-corrected chi connectivity index (χ2v) is 6.87. The molecule has 5 nitrogen and oxygen atoms in total. The van der Waals surface area contributed by atoms with E-state index in [0.29, 0.717) is 11.3 Å². The van der Waals surface area contributed by atoms with Gasteiger partial charge in [0.15, 0.2) is 0 Å². The molecule has 1 fully saturated rings. The van der Waals surface area contributed by atoms with Crippen LogP contribution in [0.3, 0.4) is 0 Å². The molecule has 1 saturated heterocycles. The smallest absolute Gasteiger partial charge is 0.253 e. The second kappa shape index (κ2) is 8.05. The standard InChI is InChI=1S/C23H23N3O2/c24-21-16-17(23(27)26-14-4-5-15-26)8-13-22(21)25-18-9-11-20(12-10-18)28-19-6-2-1-3-7-19/h1-3,6-13,16,25H,4-5,14-15,24H2. The lowest BCUT2D eigenvalue weighted by atomic mass is 10.1. The molecule has 3 aromatic rings. The van der Waals surface area contributed by atoms with Crippen molar-refractivity contribution < 1.29 is 9.53 Å². The first-order valence-electron chi connectivity index (χ1n) is 9.48. The molecular weight excluding hydrogens is 350 g/mol. The monoisotopic (exact) mass is 373 g/mol. The number of amides is 1. The van der Waals surface area contributed by atoms with Crippen LogP contribution >= 0.6 is 0 Å². The normalized spacial score (nSPS) is 13.4. The van der Waals surface area contributed by atoms with Gasteiger partial charge in [0.25, 0.3) is 5.91 Å². The minimum Gasteiger partial charge on any atom is -0.457 e. The number of rotatable bonds is 5. The lowest BCUT2D eigenvalue weighted by Gasteiger charge is -2.16. The van der Waals surface area contributed by atoms with E-state index in [1.807, 2.05) is 71.6 Å². The van der Waals surface area contributed by atoms with Crippen molar-refractivity contribution in [2.24, 2.45) is 0 Å². The summed E-state index contributed by atoms with van der Waals surface area (Å²) in [6, 6.07) is 22.7. The van der Waals surface area contributed by atoms with Crippen molar-refractivity contribution in [1.82, 2.24) is 4.90 Å². The van der Waals surface area contributed by atoms with Crippen LogP contribution in [0.2, 0.25) is 0 Å². The van der Waals surface area contributed by atoms with E-state index >= 15 is 0 Å². The van der Waals surface area contributed by atoms with Crippen LogP contribution < -0.4 is 15.8 Å². The summed E-state index contributed by atoms with van der Waals surface area (Å²) in [5, 5.41) is 3.29. The van der Waals surface area contributed by atoms with E-state index in [1.54, 1.807) is 6.07 Å². The quantitative estimate of drug-likeness (QED) is 0.615. The first kappa shape index (κ1) is 17.9. The molecule has 1 heterocycles. The van der Waals surface area contributed by atoms with Gasteiger partial charge < -0.3 is 20.7 Å². The summed E-state index contributed by atoms with van der Waals surface area (Å²) in [5.41, 5.74) is 9.03. The fourth-order valence-electron chi connectivity index (χ4n) is 3.30. The summed E-state index contributed by atoms with van der Waals surface area (Å²) >= 11 is 0. The van der Waals surface area contributed by atoms with Gasteiger partial charge in [-0.2, -0.15) is 0 Å². The second-order valence-electron chi connectivity index (χ2n) is 6.87. The van der Waals surface area contributed by atoms with E-state index in [-0.39, 0.29) is 5.91 Å². The van der Waals surface area contributed by atoms with Crippen LogP contribution in [0.4, 0.5) is 17.1 Å². The number of benzene rings is 3. The van der Waals surface area contributed by atoms with Crippen LogP contribution in [0.1, 0.15) is 23.2 Å². The third kappa shape index (κ3) is 4.09. The van der Waals surface area contributed by atoms with Crippen LogP contribution in [0, 0.1) is 0 Å². The number of nitrogen functional groups attached to an aromatic ring is 1. The Morgan fingerprint density at radius 3 is 2.25 bits per heavy atom. The predicted octanol–water partition coefficient (Wildman–Crippen LogP) is 5.04. The van der Waals surface area contributed by atoms with Gasteiger partial charge in [-0.25, -0.2) is 0 Å². The van der Waals surface area contributed by atoms with Crippen molar-refractivity contribution in [3.8, 4) is 11.5 Å². The zero-order valence-corrected chi connectivity index (χ0v) is 15.6. The zero-order chi connectivity index (χ0) is 19.3. The predicted molar refractivity (Wildman–Crippen MR) is 112 cm³/mol. The number of likely N-dealkylation sites (tertiary alicyclic amines) is 1. The maximum Gasteiger partial charge on any atom is 0.253 e. The first-order valence-corrected chi connectivity index (χ1v) is 9.48. The maximum absolute atomic E-state index is 12.5. The Balaban J connectivity index is 1.43. The molecule has 3 N–H and O–H groups in total. The van der Waals surface area contributed by atoms with Crippen molar-refractivity contribution in [1.29, 1.82) is 0 Å². The molecule has 0 aromatic heterocycles. The summed E-state index contributed by atoms with van der Waals surface area (Å²) in [5.74, 6) is 1.61. The van der Waals surface area contributed by atoms with Crippen molar-refractivity contribution >= 4 is 23.0 Å². The van der Waals surface area contributed by atoms with Crippen molar-refractivity contribution in [3.63, 3.8) is 0 Å². The van der Waals surface area contributed by atoms with Crippen LogP contribution in [-0.4, -0.2) is 23.9 Å². The largest absolute Gasteiger partial charge is 0.457 e. The van der Waals surface area contributed by atoms with Gasteiger partial charge in [0.2, 0.25) is 0 Å². The fraction of sp³-hybridized carbons (Fsp3) is 0.174. The topological polar surface area (TPSA) is 67.6 Å². The number of carbonyl (C=O) groups is 1. The average Bonchev–Trinajstić information content (AvgIpc) is 3.26. The minimum absolute atomic E-state index is 0.0539. The fourth-order valence-corrected chi connectivity index (χ4v) is 3.30. The highest BCUT2D eigenvalue weighted by Crippen LogP contribution is 2.28. The minimum atomic E-state index is 0.0539. The number of carbonyl (C=O) groups excluding carboxylic acids is 1. The van der Waals surface area contributed by atoms with E-state index in [2.05, 4.69) is 5.32 Å². The Kier molecular flexibility index (Phi) is 5.15. The van der Waals surface area contributed by atoms with Gasteiger partial charge in [-0.15, -0.1) is 0 Å². The lowest BCUT2D eigenvalue weighted by Crippen LogP contribution is -2.27. The number of nitrogens with one attached hydrogen (secondary N) is 1. The molecule has 0 unspecified atom stereocenters. The van der Waals surface area contributed by atoms with E-state index in [0.717, 1.165) is 48.8 Å². The molecule has 0 atom stereocenters. The summed E-state index contributed by atoms with van der Waals surface area (Å²) < 4.78 is 5.80. The molecule has 0 spiro atoms. The number of nitrogens with two attached hydrogens (primary N) is 1. The van der Waals surface area contributed by atoms with Crippen LogP contribution in [0.25, 0.3) is 0 Å². The van der Waals surface area contributed by atoms with Gasteiger partial charge in [0, 0.05) is 24.3 Å². The zero-order valence-electron chi connectivity index (χ0n) is 15.6. The molecule has 0 radical (unpaired) electrons. The first-order chi connectivity index (χ1) is 13.7. The lowest BCUT2D eigenvalue weighted by molar-refractivity contribution is 0.0793. The van der Waals surface area contributed by atoms with E-state index < -0.39 is 0 Å². The Morgan fingerprint density at radius 2 is 1.57 bits per heavy atom. The van der Waals surface area contributed by atoms with Gasteiger partial charge in [-0.1, -0.05) is 18.2 Å². The van der Waals surface area contributed by atoms with Crippen molar-refractivity contribution in [2.75, 3.05) is 24.1 Å². The third-order valence-corrected chi connectivity index (χ3v) is 4.80. The van der Waals surface area contributed by atoms with Crippen LogP contribution in [-0.2, 0) is 0 Å². The molecule has 28 heavy (non-hydrogen) atoms. The molecule has 5 heteroatoms. The number of anilines is 3. The Bertz CT molecular complexity index is 949. The molecule has 0 saturated carbocycles. The summed E-state index contributed by atoms with van der Waals surface area (Å²) in [7, 11) is 0. The Morgan fingerprint density at radius 1 is 0.893 bits per heavy atom. The van der Waals surface area contributed by atoms with Crippen LogP contribution in [0.5, 0.6) is 11.5 Å². The van der Waals surface area contributed by atoms with Gasteiger partial charge in [-0.3, -0.25) is 4.79 Å².